The molecule has 0 unspecified atom stereocenters. The van der Waals surface area contributed by atoms with E-state index in [9.17, 15) is 8.42 Å². The molecule has 0 aliphatic carbocycles. The third-order valence-corrected chi connectivity index (χ3v) is 4.87. The summed E-state index contributed by atoms with van der Waals surface area (Å²) in [6.45, 7) is 4.96. The molecule has 1 aromatic rings. The van der Waals surface area contributed by atoms with E-state index < -0.39 is 10.0 Å². The molecule has 0 atom stereocenters. The molecule has 0 fully saturated rings. The molecule has 2 N–H and O–H groups in total. The number of unbranched alkanes of at least 4 members (excludes halogenated alkanes) is 1. The normalized spacial score (nSPS) is 11.8. The quantitative estimate of drug-likeness (QED) is 0.674. The first-order chi connectivity index (χ1) is 9.30. The molecule has 0 heterocycles. The van der Waals surface area contributed by atoms with Crippen molar-refractivity contribution in [2.24, 2.45) is 0 Å². The molecule has 1 aromatic carbocycles. The van der Waals surface area contributed by atoms with Gasteiger partial charge < -0.3 is 5.32 Å². The highest BCUT2D eigenvalue weighted by Gasteiger charge is 2.12. The van der Waals surface area contributed by atoms with Gasteiger partial charge in [0, 0.05) is 15.5 Å². The van der Waals surface area contributed by atoms with Gasteiger partial charge in [0.25, 0.3) is 0 Å². The van der Waals surface area contributed by atoms with Crippen LogP contribution < -0.4 is 10.0 Å². The van der Waals surface area contributed by atoms with E-state index in [0.29, 0.717) is 27.6 Å². The number of anilines is 1. The minimum absolute atomic E-state index is 0.103. The predicted molar refractivity (Wildman–Crippen MR) is 88.9 cm³/mol. The first-order valence-corrected chi connectivity index (χ1v) is 9.31. The standard InChI is InChI=1S/C13H20BrClN2O2S/c1-10(2)16-7-3-4-8-20(18,19)17-13-9-11(15)5-6-12(13)14/h5-6,9-10,16-17H,3-4,7-8H2,1-2H3. The summed E-state index contributed by atoms with van der Waals surface area (Å²) in [4.78, 5) is 0. The fourth-order valence-electron chi connectivity index (χ4n) is 1.60. The third-order valence-electron chi connectivity index (χ3n) is 2.59. The van der Waals surface area contributed by atoms with Crippen LogP contribution in [0.5, 0.6) is 0 Å². The molecule has 0 saturated heterocycles. The number of halogens is 2. The van der Waals surface area contributed by atoms with E-state index >= 15 is 0 Å². The van der Waals surface area contributed by atoms with Gasteiger partial charge in [-0.3, -0.25) is 4.72 Å². The summed E-state index contributed by atoms with van der Waals surface area (Å²) in [6, 6.07) is 5.42. The van der Waals surface area contributed by atoms with E-state index in [1.165, 1.54) is 0 Å². The van der Waals surface area contributed by atoms with Crippen LogP contribution in [0.25, 0.3) is 0 Å². The molecule has 0 saturated carbocycles. The lowest BCUT2D eigenvalue weighted by atomic mass is 10.3. The zero-order valence-electron chi connectivity index (χ0n) is 11.6. The molecule has 0 radical (unpaired) electrons. The molecule has 1 rings (SSSR count). The average Bonchev–Trinajstić information content (AvgIpc) is 2.32. The van der Waals surface area contributed by atoms with Gasteiger partial charge in [0.2, 0.25) is 10.0 Å². The van der Waals surface area contributed by atoms with Gasteiger partial charge in [0.1, 0.15) is 0 Å². The van der Waals surface area contributed by atoms with Gasteiger partial charge in [0.15, 0.2) is 0 Å². The highest BCUT2D eigenvalue weighted by molar-refractivity contribution is 9.10. The first kappa shape index (κ1) is 17.8. The van der Waals surface area contributed by atoms with Crippen molar-refractivity contribution in [2.45, 2.75) is 32.7 Å². The molecule has 114 valence electrons. The van der Waals surface area contributed by atoms with Crippen LogP contribution in [-0.2, 0) is 10.0 Å². The Labute approximate surface area is 134 Å². The Hall–Kier alpha value is -0.300. The number of sulfonamides is 1. The van der Waals surface area contributed by atoms with Gasteiger partial charge in [-0.25, -0.2) is 8.42 Å². The second kappa shape index (κ2) is 8.22. The Morgan fingerprint density at radius 3 is 2.65 bits per heavy atom. The van der Waals surface area contributed by atoms with Crippen LogP contribution in [0.4, 0.5) is 5.69 Å². The number of nitrogens with one attached hydrogen (secondary N) is 2. The van der Waals surface area contributed by atoms with E-state index in [4.69, 9.17) is 11.6 Å². The Kier molecular flexibility index (Phi) is 7.29. The Balaban J connectivity index is 2.47. The summed E-state index contributed by atoms with van der Waals surface area (Å²) >= 11 is 9.15. The summed E-state index contributed by atoms with van der Waals surface area (Å²) in [6.07, 6.45) is 1.45. The van der Waals surface area contributed by atoms with Gasteiger partial charge in [0.05, 0.1) is 11.4 Å². The van der Waals surface area contributed by atoms with Crippen LogP contribution in [-0.4, -0.2) is 26.8 Å². The summed E-state index contributed by atoms with van der Waals surface area (Å²) in [5.41, 5.74) is 0.470. The van der Waals surface area contributed by atoms with Crippen molar-refractivity contribution < 1.29 is 8.42 Å². The van der Waals surface area contributed by atoms with Crippen LogP contribution in [0, 0.1) is 0 Å². The Bertz CT molecular complexity index is 535. The lowest BCUT2D eigenvalue weighted by Crippen LogP contribution is -2.24. The summed E-state index contributed by atoms with van der Waals surface area (Å²) in [7, 11) is -3.34. The molecular weight excluding hydrogens is 364 g/mol. The van der Waals surface area contributed by atoms with Crippen LogP contribution in [0.2, 0.25) is 5.02 Å². The van der Waals surface area contributed by atoms with Gasteiger partial charge in [-0.1, -0.05) is 25.4 Å². The predicted octanol–water partition coefficient (Wildman–Crippen LogP) is 3.62. The van der Waals surface area contributed by atoms with Gasteiger partial charge in [-0.15, -0.1) is 0 Å². The van der Waals surface area contributed by atoms with Gasteiger partial charge in [-0.05, 0) is 53.5 Å². The number of hydrogen-bond donors (Lipinski definition) is 2. The molecule has 0 aliphatic heterocycles. The van der Waals surface area contributed by atoms with Gasteiger partial charge in [-0.2, -0.15) is 0 Å². The monoisotopic (exact) mass is 382 g/mol. The zero-order valence-corrected chi connectivity index (χ0v) is 14.8. The second-order valence-corrected chi connectivity index (χ2v) is 7.99. The van der Waals surface area contributed by atoms with E-state index in [1.54, 1.807) is 18.2 Å². The van der Waals surface area contributed by atoms with Gasteiger partial charge >= 0.3 is 0 Å². The lowest BCUT2D eigenvalue weighted by molar-refractivity contribution is 0.561. The first-order valence-electron chi connectivity index (χ1n) is 6.49. The fraction of sp³-hybridized carbons (Fsp3) is 0.538. The highest BCUT2D eigenvalue weighted by atomic mass is 79.9. The molecule has 20 heavy (non-hydrogen) atoms. The van der Waals surface area contributed by atoms with Crippen molar-refractivity contribution in [3.05, 3.63) is 27.7 Å². The fourth-order valence-corrected chi connectivity index (χ4v) is 3.44. The third kappa shape index (κ3) is 6.92. The largest absolute Gasteiger partial charge is 0.315 e. The van der Waals surface area contributed by atoms with Crippen molar-refractivity contribution in [1.82, 2.24) is 5.32 Å². The molecule has 0 spiro atoms. The molecule has 0 amide bonds. The molecular formula is C13H20BrClN2O2S. The maximum atomic E-state index is 12.0. The second-order valence-electron chi connectivity index (χ2n) is 4.86. The zero-order chi connectivity index (χ0) is 15.2. The van der Waals surface area contributed by atoms with Crippen LogP contribution >= 0.6 is 27.5 Å². The number of benzene rings is 1. The topological polar surface area (TPSA) is 58.2 Å². The van der Waals surface area contributed by atoms with Crippen molar-refractivity contribution in [2.75, 3.05) is 17.0 Å². The molecule has 7 heteroatoms. The van der Waals surface area contributed by atoms with E-state index in [1.807, 2.05) is 0 Å². The van der Waals surface area contributed by atoms with Crippen molar-refractivity contribution in [3.8, 4) is 0 Å². The van der Waals surface area contributed by atoms with Crippen LogP contribution in [0.3, 0.4) is 0 Å². The molecule has 0 aromatic heterocycles. The van der Waals surface area contributed by atoms with Crippen molar-refractivity contribution in [1.29, 1.82) is 0 Å². The SMILES string of the molecule is CC(C)NCCCCS(=O)(=O)Nc1cc(Cl)ccc1Br. The number of hydrogen-bond acceptors (Lipinski definition) is 3. The molecule has 4 nitrogen and oxygen atoms in total. The minimum Gasteiger partial charge on any atom is -0.315 e. The smallest absolute Gasteiger partial charge is 0.232 e. The van der Waals surface area contributed by atoms with Crippen LogP contribution in [0.15, 0.2) is 22.7 Å². The highest BCUT2D eigenvalue weighted by Crippen LogP contribution is 2.26. The minimum atomic E-state index is -3.34. The molecule has 0 bridgehead atoms. The molecule has 0 aliphatic rings. The van der Waals surface area contributed by atoms with E-state index in [0.717, 1.165) is 13.0 Å². The van der Waals surface area contributed by atoms with E-state index in [-0.39, 0.29) is 5.75 Å². The summed E-state index contributed by atoms with van der Waals surface area (Å²) < 4.78 is 27.2. The number of rotatable bonds is 8. The lowest BCUT2D eigenvalue weighted by Gasteiger charge is -2.11. The summed E-state index contributed by atoms with van der Waals surface area (Å²) in [5, 5.41) is 3.75. The Morgan fingerprint density at radius 2 is 2.00 bits per heavy atom. The summed E-state index contributed by atoms with van der Waals surface area (Å²) in [5.74, 6) is 0.103. The van der Waals surface area contributed by atoms with Crippen molar-refractivity contribution >= 4 is 43.2 Å². The maximum absolute atomic E-state index is 12.0. The average molecular weight is 384 g/mol. The van der Waals surface area contributed by atoms with Crippen molar-refractivity contribution in [3.63, 3.8) is 0 Å². The van der Waals surface area contributed by atoms with E-state index in [2.05, 4.69) is 39.8 Å². The van der Waals surface area contributed by atoms with Crippen LogP contribution in [0.1, 0.15) is 26.7 Å². The maximum Gasteiger partial charge on any atom is 0.232 e. The Morgan fingerprint density at radius 1 is 1.30 bits per heavy atom.